The first-order chi connectivity index (χ1) is 8.56. The summed E-state index contributed by atoms with van der Waals surface area (Å²) in [5.41, 5.74) is 1.87. The zero-order chi connectivity index (χ0) is 13.1. The number of pyridine rings is 1. The minimum absolute atomic E-state index is 0.361. The Morgan fingerprint density at radius 2 is 2.00 bits per heavy atom. The molecular weight excluding hydrogens is 337 g/mol. The molecule has 2 nitrogen and oxygen atoms in total. The third-order valence-electron chi connectivity index (χ3n) is 2.43. The van der Waals surface area contributed by atoms with E-state index in [0.29, 0.717) is 16.9 Å². The van der Waals surface area contributed by atoms with Gasteiger partial charge in [-0.1, -0.05) is 45.2 Å². The van der Waals surface area contributed by atoms with Gasteiger partial charge in [-0.15, -0.1) is 0 Å². The zero-order valence-corrected chi connectivity index (χ0v) is 12.7. The Morgan fingerprint density at radius 3 is 2.72 bits per heavy atom. The van der Waals surface area contributed by atoms with Crippen molar-refractivity contribution in [2.24, 2.45) is 0 Å². The van der Waals surface area contributed by atoms with Gasteiger partial charge in [-0.3, -0.25) is 0 Å². The number of nitrogens with zero attached hydrogens (tertiary/aromatic N) is 1. The van der Waals surface area contributed by atoms with Gasteiger partial charge in [-0.05, 0) is 36.8 Å². The standard InChI is InChI=1S/C13H10BrCl2NO/c1-8-2-4-10(14)6-11(8)18-7-9-3-5-12(15)17-13(9)16/h2-6H,7H2,1H3. The molecule has 0 aliphatic carbocycles. The van der Waals surface area contributed by atoms with Gasteiger partial charge in [0.05, 0.1) is 0 Å². The molecule has 2 aromatic rings. The molecule has 0 unspecified atom stereocenters. The summed E-state index contributed by atoms with van der Waals surface area (Å²) < 4.78 is 6.70. The molecule has 2 rings (SSSR count). The molecule has 0 saturated heterocycles. The highest BCUT2D eigenvalue weighted by Crippen LogP contribution is 2.25. The van der Waals surface area contributed by atoms with Crippen LogP contribution in [0.4, 0.5) is 0 Å². The summed E-state index contributed by atoms with van der Waals surface area (Å²) in [5, 5.41) is 0.748. The van der Waals surface area contributed by atoms with Crippen molar-refractivity contribution in [1.29, 1.82) is 0 Å². The van der Waals surface area contributed by atoms with Gasteiger partial charge in [0.15, 0.2) is 0 Å². The second-order valence-corrected chi connectivity index (χ2v) is 5.44. The Kier molecular flexibility index (Phi) is 4.49. The SMILES string of the molecule is Cc1ccc(Br)cc1OCc1ccc(Cl)nc1Cl. The molecule has 0 aliphatic heterocycles. The molecule has 0 radical (unpaired) electrons. The highest BCUT2D eigenvalue weighted by atomic mass is 79.9. The van der Waals surface area contributed by atoms with Crippen molar-refractivity contribution in [3.8, 4) is 5.75 Å². The van der Waals surface area contributed by atoms with Gasteiger partial charge in [0.25, 0.3) is 0 Å². The van der Waals surface area contributed by atoms with Crippen molar-refractivity contribution in [2.75, 3.05) is 0 Å². The minimum Gasteiger partial charge on any atom is -0.488 e. The van der Waals surface area contributed by atoms with Crippen LogP contribution in [-0.2, 0) is 6.61 Å². The van der Waals surface area contributed by atoms with E-state index in [-0.39, 0.29) is 0 Å². The molecule has 0 spiro atoms. The predicted octanol–water partition coefficient (Wildman–Crippen LogP) is 5.04. The summed E-state index contributed by atoms with van der Waals surface area (Å²) in [6.45, 7) is 2.35. The van der Waals surface area contributed by atoms with Gasteiger partial charge in [-0.25, -0.2) is 4.98 Å². The van der Waals surface area contributed by atoms with Crippen LogP contribution < -0.4 is 4.74 Å². The molecule has 1 aromatic heterocycles. The Balaban J connectivity index is 2.13. The Morgan fingerprint density at radius 1 is 1.22 bits per heavy atom. The monoisotopic (exact) mass is 345 g/mol. The average molecular weight is 347 g/mol. The lowest BCUT2D eigenvalue weighted by molar-refractivity contribution is 0.303. The van der Waals surface area contributed by atoms with E-state index < -0.39 is 0 Å². The Labute approximate surface area is 124 Å². The molecule has 94 valence electrons. The quantitative estimate of drug-likeness (QED) is 0.726. The van der Waals surface area contributed by atoms with E-state index in [2.05, 4.69) is 20.9 Å². The van der Waals surface area contributed by atoms with Gasteiger partial charge in [0.2, 0.25) is 0 Å². The molecule has 0 aliphatic rings. The van der Waals surface area contributed by atoms with E-state index in [4.69, 9.17) is 27.9 Å². The lowest BCUT2D eigenvalue weighted by Gasteiger charge is -2.10. The van der Waals surface area contributed by atoms with Crippen LogP contribution >= 0.6 is 39.1 Å². The van der Waals surface area contributed by atoms with E-state index in [1.807, 2.05) is 31.2 Å². The molecule has 0 N–H and O–H groups in total. The van der Waals surface area contributed by atoms with Gasteiger partial charge >= 0.3 is 0 Å². The van der Waals surface area contributed by atoms with Crippen LogP contribution in [0.5, 0.6) is 5.75 Å². The van der Waals surface area contributed by atoms with E-state index in [9.17, 15) is 0 Å². The number of aromatic nitrogens is 1. The minimum atomic E-state index is 0.361. The first-order valence-corrected chi connectivity index (χ1v) is 6.81. The van der Waals surface area contributed by atoms with Crippen LogP contribution in [0.2, 0.25) is 10.3 Å². The summed E-state index contributed by atoms with van der Waals surface area (Å²) in [6, 6.07) is 9.39. The van der Waals surface area contributed by atoms with Crippen molar-refractivity contribution in [2.45, 2.75) is 13.5 Å². The summed E-state index contributed by atoms with van der Waals surface area (Å²) in [5.74, 6) is 0.815. The molecule has 1 heterocycles. The van der Waals surface area contributed by atoms with E-state index in [1.54, 1.807) is 6.07 Å². The third-order valence-corrected chi connectivity index (χ3v) is 3.46. The number of hydrogen-bond donors (Lipinski definition) is 0. The highest BCUT2D eigenvalue weighted by Gasteiger charge is 2.05. The van der Waals surface area contributed by atoms with Gasteiger partial charge < -0.3 is 4.74 Å². The fraction of sp³-hybridized carbons (Fsp3) is 0.154. The largest absolute Gasteiger partial charge is 0.488 e. The van der Waals surface area contributed by atoms with Crippen LogP contribution in [0, 0.1) is 6.92 Å². The maximum absolute atomic E-state index is 5.98. The fourth-order valence-corrected chi connectivity index (χ4v) is 2.17. The summed E-state index contributed by atoms with van der Waals surface area (Å²) in [6.07, 6.45) is 0. The molecule has 5 heteroatoms. The Hall–Kier alpha value is -0.770. The van der Waals surface area contributed by atoms with Gasteiger partial charge in [0.1, 0.15) is 22.7 Å². The van der Waals surface area contributed by atoms with Crippen LogP contribution in [-0.4, -0.2) is 4.98 Å². The molecular formula is C13H10BrCl2NO. The Bertz CT molecular complexity index is 575. The zero-order valence-electron chi connectivity index (χ0n) is 9.58. The van der Waals surface area contributed by atoms with E-state index in [0.717, 1.165) is 21.3 Å². The van der Waals surface area contributed by atoms with E-state index in [1.165, 1.54) is 0 Å². The number of halogens is 3. The van der Waals surface area contributed by atoms with Crippen molar-refractivity contribution in [1.82, 2.24) is 4.98 Å². The lowest BCUT2D eigenvalue weighted by atomic mass is 10.2. The second-order valence-electron chi connectivity index (χ2n) is 3.78. The fourth-order valence-electron chi connectivity index (χ4n) is 1.43. The van der Waals surface area contributed by atoms with Crippen LogP contribution in [0.15, 0.2) is 34.8 Å². The van der Waals surface area contributed by atoms with Gasteiger partial charge in [-0.2, -0.15) is 0 Å². The van der Waals surface area contributed by atoms with Crippen molar-refractivity contribution < 1.29 is 4.74 Å². The maximum atomic E-state index is 5.98. The summed E-state index contributed by atoms with van der Waals surface area (Å²) in [7, 11) is 0. The van der Waals surface area contributed by atoms with E-state index >= 15 is 0 Å². The lowest BCUT2D eigenvalue weighted by Crippen LogP contribution is -1.99. The molecule has 1 aromatic carbocycles. The maximum Gasteiger partial charge on any atom is 0.137 e. The van der Waals surface area contributed by atoms with Crippen molar-refractivity contribution >= 4 is 39.1 Å². The topological polar surface area (TPSA) is 22.1 Å². The summed E-state index contributed by atoms with van der Waals surface area (Å²) in [4.78, 5) is 3.97. The first kappa shape index (κ1) is 13.7. The number of rotatable bonds is 3. The van der Waals surface area contributed by atoms with Crippen molar-refractivity contribution in [3.05, 3.63) is 56.2 Å². The molecule has 18 heavy (non-hydrogen) atoms. The number of aryl methyl sites for hydroxylation is 1. The molecule has 0 saturated carbocycles. The normalized spacial score (nSPS) is 10.4. The molecule has 0 bridgehead atoms. The third kappa shape index (κ3) is 3.37. The van der Waals surface area contributed by atoms with Crippen LogP contribution in [0.25, 0.3) is 0 Å². The summed E-state index contributed by atoms with van der Waals surface area (Å²) >= 11 is 15.1. The van der Waals surface area contributed by atoms with Crippen LogP contribution in [0.3, 0.4) is 0 Å². The van der Waals surface area contributed by atoms with Gasteiger partial charge in [0, 0.05) is 10.0 Å². The smallest absolute Gasteiger partial charge is 0.137 e. The highest BCUT2D eigenvalue weighted by molar-refractivity contribution is 9.10. The first-order valence-electron chi connectivity index (χ1n) is 5.26. The van der Waals surface area contributed by atoms with Crippen LogP contribution in [0.1, 0.15) is 11.1 Å². The number of hydrogen-bond acceptors (Lipinski definition) is 2. The van der Waals surface area contributed by atoms with Crippen molar-refractivity contribution in [3.63, 3.8) is 0 Å². The molecule has 0 fully saturated rings. The predicted molar refractivity (Wildman–Crippen MR) is 77.5 cm³/mol. The molecule has 0 amide bonds. The number of ether oxygens (including phenoxy) is 1. The second kappa shape index (κ2) is 5.91. The number of benzene rings is 1. The molecule has 0 atom stereocenters. The average Bonchev–Trinajstić information content (AvgIpc) is 2.32.